The highest BCUT2D eigenvalue weighted by molar-refractivity contribution is 14.0. The van der Waals surface area contributed by atoms with Crippen molar-refractivity contribution in [3.05, 3.63) is 35.9 Å². The second kappa shape index (κ2) is 10.8. The SMILES string of the molecule is CCNC(=NCCC1CCCO1)NC(C)c1ccccc1.I. The number of benzene rings is 1. The molecule has 0 radical (unpaired) electrons. The maximum Gasteiger partial charge on any atom is 0.191 e. The molecule has 2 unspecified atom stereocenters. The van der Waals surface area contributed by atoms with E-state index in [2.05, 4.69) is 53.7 Å². The second-order valence-electron chi connectivity index (χ2n) is 5.46. The molecule has 0 aliphatic carbocycles. The molecule has 0 aromatic heterocycles. The summed E-state index contributed by atoms with van der Waals surface area (Å²) in [5, 5.41) is 6.76. The lowest BCUT2D eigenvalue weighted by Crippen LogP contribution is -2.38. The molecular weight excluding hydrogens is 389 g/mol. The van der Waals surface area contributed by atoms with Crippen LogP contribution in [0.15, 0.2) is 35.3 Å². The zero-order chi connectivity index (χ0) is 14.9. The van der Waals surface area contributed by atoms with Crippen molar-refractivity contribution in [1.82, 2.24) is 10.6 Å². The van der Waals surface area contributed by atoms with Crippen LogP contribution in [0.25, 0.3) is 0 Å². The maximum atomic E-state index is 5.64. The van der Waals surface area contributed by atoms with Crippen molar-refractivity contribution in [2.24, 2.45) is 4.99 Å². The predicted octanol–water partition coefficient (Wildman–Crippen LogP) is 3.49. The Morgan fingerprint density at radius 3 is 2.77 bits per heavy atom. The molecule has 1 heterocycles. The first-order valence-electron chi connectivity index (χ1n) is 8.01. The van der Waals surface area contributed by atoms with Crippen molar-refractivity contribution in [3.63, 3.8) is 0 Å². The Balaban J connectivity index is 0.00000242. The van der Waals surface area contributed by atoms with E-state index in [1.54, 1.807) is 0 Å². The zero-order valence-electron chi connectivity index (χ0n) is 13.5. The van der Waals surface area contributed by atoms with E-state index in [0.717, 1.165) is 32.1 Å². The number of nitrogens with one attached hydrogen (secondary N) is 2. The Bertz CT molecular complexity index is 433. The molecule has 1 fully saturated rings. The van der Waals surface area contributed by atoms with Crippen LogP contribution in [0.4, 0.5) is 0 Å². The number of hydrogen-bond donors (Lipinski definition) is 2. The minimum absolute atomic E-state index is 0. The maximum absolute atomic E-state index is 5.64. The first kappa shape index (κ1) is 19.2. The summed E-state index contributed by atoms with van der Waals surface area (Å²) >= 11 is 0. The van der Waals surface area contributed by atoms with Crippen LogP contribution in [0.3, 0.4) is 0 Å². The van der Waals surface area contributed by atoms with Gasteiger partial charge in [-0.15, -0.1) is 24.0 Å². The summed E-state index contributed by atoms with van der Waals surface area (Å²) in [6, 6.07) is 10.7. The largest absolute Gasteiger partial charge is 0.378 e. The third-order valence-corrected chi connectivity index (χ3v) is 3.74. The molecule has 1 aliphatic rings. The van der Waals surface area contributed by atoms with Gasteiger partial charge in [0, 0.05) is 19.7 Å². The number of hydrogen-bond acceptors (Lipinski definition) is 2. The van der Waals surface area contributed by atoms with Gasteiger partial charge in [-0.2, -0.15) is 0 Å². The molecule has 0 amide bonds. The number of ether oxygens (including phenoxy) is 1. The lowest BCUT2D eigenvalue weighted by Gasteiger charge is -2.18. The monoisotopic (exact) mass is 417 g/mol. The number of guanidine groups is 1. The molecule has 2 atom stereocenters. The van der Waals surface area contributed by atoms with E-state index >= 15 is 0 Å². The quantitative estimate of drug-likeness (QED) is 0.423. The third kappa shape index (κ3) is 6.52. The van der Waals surface area contributed by atoms with Crippen LogP contribution in [0, 0.1) is 0 Å². The van der Waals surface area contributed by atoms with Gasteiger partial charge in [-0.05, 0) is 38.7 Å². The molecule has 0 spiro atoms. The fraction of sp³-hybridized carbons (Fsp3) is 0.588. The Labute approximate surface area is 151 Å². The molecule has 2 N–H and O–H groups in total. The van der Waals surface area contributed by atoms with E-state index in [9.17, 15) is 0 Å². The summed E-state index contributed by atoms with van der Waals surface area (Å²) in [6.45, 7) is 6.83. The van der Waals surface area contributed by atoms with Gasteiger partial charge in [0.25, 0.3) is 0 Å². The van der Waals surface area contributed by atoms with Crippen molar-refractivity contribution in [2.45, 2.75) is 45.3 Å². The Hall–Kier alpha value is -0.820. The summed E-state index contributed by atoms with van der Waals surface area (Å²) in [6.07, 6.45) is 3.79. The van der Waals surface area contributed by atoms with E-state index < -0.39 is 0 Å². The molecule has 0 saturated carbocycles. The Kier molecular flexibility index (Phi) is 9.47. The molecule has 1 aromatic carbocycles. The van der Waals surface area contributed by atoms with Crippen molar-refractivity contribution < 1.29 is 4.74 Å². The van der Waals surface area contributed by atoms with Gasteiger partial charge in [0.2, 0.25) is 0 Å². The Morgan fingerprint density at radius 2 is 2.14 bits per heavy atom. The van der Waals surface area contributed by atoms with E-state index in [0.29, 0.717) is 6.10 Å². The highest BCUT2D eigenvalue weighted by Gasteiger charge is 2.14. The fourth-order valence-electron chi connectivity index (χ4n) is 2.54. The van der Waals surface area contributed by atoms with Crippen molar-refractivity contribution in [3.8, 4) is 0 Å². The number of rotatable bonds is 6. The molecule has 1 aromatic rings. The molecule has 2 rings (SSSR count). The smallest absolute Gasteiger partial charge is 0.191 e. The van der Waals surface area contributed by atoms with Gasteiger partial charge in [-0.25, -0.2) is 0 Å². The highest BCUT2D eigenvalue weighted by atomic mass is 127. The van der Waals surface area contributed by atoms with E-state index in [4.69, 9.17) is 4.74 Å². The number of nitrogens with zero attached hydrogens (tertiary/aromatic N) is 1. The molecule has 5 heteroatoms. The molecule has 124 valence electrons. The average molecular weight is 417 g/mol. The first-order valence-corrected chi connectivity index (χ1v) is 8.01. The van der Waals surface area contributed by atoms with Crippen LogP contribution in [-0.2, 0) is 4.74 Å². The highest BCUT2D eigenvalue weighted by Crippen LogP contribution is 2.15. The van der Waals surface area contributed by atoms with Gasteiger partial charge in [-0.1, -0.05) is 30.3 Å². The van der Waals surface area contributed by atoms with Crippen LogP contribution in [0.2, 0.25) is 0 Å². The molecule has 1 saturated heterocycles. The molecule has 22 heavy (non-hydrogen) atoms. The van der Waals surface area contributed by atoms with Gasteiger partial charge in [0.1, 0.15) is 0 Å². The average Bonchev–Trinajstić information content (AvgIpc) is 3.01. The molecule has 0 bridgehead atoms. The van der Waals surface area contributed by atoms with E-state index in [-0.39, 0.29) is 30.0 Å². The lowest BCUT2D eigenvalue weighted by atomic mass is 10.1. The zero-order valence-corrected chi connectivity index (χ0v) is 15.9. The number of halogens is 1. The van der Waals surface area contributed by atoms with Crippen LogP contribution >= 0.6 is 24.0 Å². The van der Waals surface area contributed by atoms with Crippen molar-refractivity contribution in [1.29, 1.82) is 0 Å². The molecule has 1 aliphatic heterocycles. The fourth-order valence-corrected chi connectivity index (χ4v) is 2.54. The topological polar surface area (TPSA) is 45.7 Å². The van der Waals surface area contributed by atoms with Gasteiger partial charge in [0.15, 0.2) is 5.96 Å². The lowest BCUT2D eigenvalue weighted by molar-refractivity contribution is 0.106. The Morgan fingerprint density at radius 1 is 1.36 bits per heavy atom. The molecule has 4 nitrogen and oxygen atoms in total. The van der Waals surface area contributed by atoms with Crippen LogP contribution in [-0.4, -0.2) is 31.8 Å². The van der Waals surface area contributed by atoms with Gasteiger partial charge >= 0.3 is 0 Å². The first-order chi connectivity index (χ1) is 10.3. The summed E-state index contributed by atoms with van der Waals surface area (Å²) in [5.41, 5.74) is 1.27. The normalized spacial score (nSPS) is 19.4. The second-order valence-corrected chi connectivity index (χ2v) is 5.46. The van der Waals surface area contributed by atoms with Gasteiger partial charge in [0.05, 0.1) is 12.1 Å². The van der Waals surface area contributed by atoms with E-state index in [1.165, 1.54) is 18.4 Å². The standard InChI is InChI=1S/C17H27N3O.HI/c1-3-18-17(19-12-11-16-10-7-13-21-16)20-14(2)15-8-5-4-6-9-15;/h4-6,8-9,14,16H,3,7,10-13H2,1-2H3,(H2,18,19,20);1H. The summed E-state index contributed by atoms with van der Waals surface area (Å²) in [7, 11) is 0. The van der Waals surface area contributed by atoms with Crippen LogP contribution in [0.1, 0.15) is 44.7 Å². The summed E-state index contributed by atoms with van der Waals surface area (Å²) < 4.78 is 5.64. The minimum Gasteiger partial charge on any atom is -0.378 e. The predicted molar refractivity (Wildman–Crippen MR) is 103 cm³/mol. The van der Waals surface area contributed by atoms with Crippen LogP contribution < -0.4 is 10.6 Å². The van der Waals surface area contributed by atoms with Crippen LogP contribution in [0.5, 0.6) is 0 Å². The molecular formula is C17H28IN3O. The van der Waals surface area contributed by atoms with Gasteiger partial charge < -0.3 is 15.4 Å². The van der Waals surface area contributed by atoms with Crippen molar-refractivity contribution >= 4 is 29.9 Å². The minimum atomic E-state index is 0. The van der Waals surface area contributed by atoms with Gasteiger partial charge in [-0.3, -0.25) is 4.99 Å². The summed E-state index contributed by atoms with van der Waals surface area (Å²) in [5.74, 6) is 0.881. The number of aliphatic imine (C=N–C) groups is 1. The third-order valence-electron chi connectivity index (χ3n) is 3.74. The van der Waals surface area contributed by atoms with Crippen molar-refractivity contribution in [2.75, 3.05) is 19.7 Å². The van der Waals surface area contributed by atoms with E-state index in [1.807, 2.05) is 6.07 Å². The summed E-state index contributed by atoms with van der Waals surface area (Å²) in [4.78, 5) is 4.66.